The molecule has 0 fully saturated rings. The molecule has 0 aliphatic heterocycles. The molecule has 1 unspecified atom stereocenters. The Morgan fingerprint density at radius 2 is 1.95 bits per heavy atom. The van der Waals surface area contributed by atoms with Gasteiger partial charge in [-0.25, -0.2) is 0 Å². The van der Waals surface area contributed by atoms with E-state index in [2.05, 4.69) is 31.1 Å². The summed E-state index contributed by atoms with van der Waals surface area (Å²) in [5.41, 5.74) is 5.88. The Hall–Kier alpha value is -1.39. The third kappa shape index (κ3) is 3.81. The monoisotopic (exact) mass is 277 g/mol. The van der Waals surface area contributed by atoms with Crippen LogP contribution in [0.15, 0.2) is 30.3 Å². The van der Waals surface area contributed by atoms with Crippen molar-refractivity contribution in [1.82, 2.24) is 10.2 Å². The molecule has 0 heterocycles. The first kappa shape index (κ1) is 16.7. The van der Waals surface area contributed by atoms with Gasteiger partial charge in [0.2, 0.25) is 5.91 Å². The summed E-state index contributed by atoms with van der Waals surface area (Å²) >= 11 is 0. The van der Waals surface area contributed by atoms with Crippen molar-refractivity contribution in [3.8, 4) is 0 Å². The van der Waals surface area contributed by atoms with Crippen LogP contribution in [-0.4, -0.2) is 37.0 Å². The second kappa shape index (κ2) is 7.41. The molecule has 1 aromatic carbocycles. The Labute approximate surface area is 122 Å². The van der Waals surface area contributed by atoms with Gasteiger partial charge in [0.05, 0.1) is 0 Å². The maximum absolute atomic E-state index is 12.1. The van der Waals surface area contributed by atoms with E-state index in [0.717, 1.165) is 12.1 Å². The number of primary amides is 1. The molecule has 0 radical (unpaired) electrons. The maximum Gasteiger partial charge on any atom is 0.242 e. The van der Waals surface area contributed by atoms with Gasteiger partial charge in [-0.15, -0.1) is 0 Å². The van der Waals surface area contributed by atoms with E-state index in [1.807, 2.05) is 37.3 Å². The molecule has 4 heteroatoms. The minimum absolute atomic E-state index is 0.317. The van der Waals surface area contributed by atoms with Crippen molar-refractivity contribution >= 4 is 5.91 Å². The molecule has 0 saturated heterocycles. The fraction of sp³-hybridized carbons (Fsp3) is 0.562. The van der Waals surface area contributed by atoms with Gasteiger partial charge in [0.25, 0.3) is 0 Å². The van der Waals surface area contributed by atoms with Gasteiger partial charge in [-0.2, -0.15) is 0 Å². The number of hydrogen-bond acceptors (Lipinski definition) is 3. The number of nitrogens with two attached hydrogens (primary N) is 1. The van der Waals surface area contributed by atoms with Gasteiger partial charge in [0, 0.05) is 12.6 Å². The third-order valence-electron chi connectivity index (χ3n) is 3.89. The van der Waals surface area contributed by atoms with Crippen LogP contribution in [0.5, 0.6) is 0 Å². The minimum atomic E-state index is -0.792. The molecule has 0 aliphatic carbocycles. The van der Waals surface area contributed by atoms with Crippen LogP contribution < -0.4 is 11.1 Å². The van der Waals surface area contributed by atoms with Crippen LogP contribution in [0.25, 0.3) is 0 Å². The zero-order valence-electron chi connectivity index (χ0n) is 13.0. The van der Waals surface area contributed by atoms with E-state index < -0.39 is 5.54 Å². The zero-order valence-corrected chi connectivity index (χ0v) is 13.0. The van der Waals surface area contributed by atoms with Crippen molar-refractivity contribution in [2.45, 2.75) is 38.8 Å². The van der Waals surface area contributed by atoms with Crippen LogP contribution in [0.1, 0.15) is 32.8 Å². The number of amides is 1. The molecule has 0 aliphatic rings. The van der Waals surface area contributed by atoms with Crippen molar-refractivity contribution < 1.29 is 4.79 Å². The smallest absolute Gasteiger partial charge is 0.242 e. The van der Waals surface area contributed by atoms with Gasteiger partial charge >= 0.3 is 0 Å². The number of carbonyl (C=O) groups excluding carboxylic acids is 1. The van der Waals surface area contributed by atoms with Gasteiger partial charge < -0.3 is 10.6 Å². The van der Waals surface area contributed by atoms with E-state index in [-0.39, 0.29) is 5.91 Å². The van der Waals surface area contributed by atoms with Gasteiger partial charge in [0.1, 0.15) is 5.54 Å². The topological polar surface area (TPSA) is 58.4 Å². The Morgan fingerprint density at radius 3 is 2.40 bits per heavy atom. The Balaban J connectivity index is 3.03. The number of rotatable bonds is 8. The minimum Gasteiger partial charge on any atom is -0.368 e. The van der Waals surface area contributed by atoms with E-state index in [0.29, 0.717) is 19.0 Å². The SMILES string of the molecule is CCNC(CCN(C)C(C)C)(C(N)=O)c1ccccc1. The van der Waals surface area contributed by atoms with Crippen LogP contribution in [0, 0.1) is 0 Å². The molecule has 0 bridgehead atoms. The summed E-state index contributed by atoms with van der Waals surface area (Å²) in [6.07, 6.45) is 0.662. The number of carbonyl (C=O) groups is 1. The van der Waals surface area contributed by atoms with Gasteiger partial charge in [-0.05, 0) is 39.4 Å². The lowest BCUT2D eigenvalue weighted by atomic mass is 9.85. The first-order chi connectivity index (χ1) is 9.44. The maximum atomic E-state index is 12.1. The fourth-order valence-electron chi connectivity index (χ4n) is 2.31. The first-order valence-corrected chi connectivity index (χ1v) is 7.24. The molecule has 20 heavy (non-hydrogen) atoms. The Bertz CT molecular complexity index is 419. The Kier molecular flexibility index (Phi) is 6.17. The molecular weight excluding hydrogens is 250 g/mol. The molecule has 112 valence electrons. The van der Waals surface area contributed by atoms with Crippen molar-refractivity contribution in [3.63, 3.8) is 0 Å². The van der Waals surface area contributed by atoms with Gasteiger partial charge in [-0.3, -0.25) is 10.1 Å². The summed E-state index contributed by atoms with van der Waals surface area (Å²) in [5, 5.41) is 3.30. The standard InChI is InChI=1S/C16H27N3O/c1-5-18-16(15(17)20,11-12-19(4)13(2)3)14-9-7-6-8-10-14/h6-10,13,18H,5,11-12H2,1-4H3,(H2,17,20). The van der Waals surface area contributed by atoms with Crippen LogP contribution in [0.3, 0.4) is 0 Å². The van der Waals surface area contributed by atoms with Crippen molar-refractivity contribution in [1.29, 1.82) is 0 Å². The number of likely N-dealkylation sites (N-methyl/N-ethyl adjacent to an activating group) is 1. The number of nitrogens with one attached hydrogen (secondary N) is 1. The fourth-order valence-corrected chi connectivity index (χ4v) is 2.31. The van der Waals surface area contributed by atoms with Crippen molar-refractivity contribution in [3.05, 3.63) is 35.9 Å². The molecule has 0 aromatic heterocycles. The van der Waals surface area contributed by atoms with E-state index in [4.69, 9.17) is 5.73 Å². The van der Waals surface area contributed by atoms with Gasteiger partial charge in [0.15, 0.2) is 0 Å². The molecule has 4 nitrogen and oxygen atoms in total. The van der Waals surface area contributed by atoms with Gasteiger partial charge in [-0.1, -0.05) is 37.3 Å². The van der Waals surface area contributed by atoms with Crippen LogP contribution in [-0.2, 0) is 10.3 Å². The second-order valence-corrected chi connectivity index (χ2v) is 5.49. The summed E-state index contributed by atoms with van der Waals surface area (Å²) in [5.74, 6) is -0.317. The highest BCUT2D eigenvalue weighted by Crippen LogP contribution is 2.25. The summed E-state index contributed by atoms with van der Waals surface area (Å²) < 4.78 is 0. The lowest BCUT2D eigenvalue weighted by Gasteiger charge is -2.34. The summed E-state index contributed by atoms with van der Waals surface area (Å²) in [6.45, 7) is 7.78. The predicted molar refractivity (Wildman–Crippen MR) is 83.4 cm³/mol. The van der Waals surface area contributed by atoms with E-state index in [1.54, 1.807) is 0 Å². The highest BCUT2D eigenvalue weighted by molar-refractivity contribution is 5.86. The predicted octanol–water partition coefficient (Wildman–Crippen LogP) is 1.71. The van der Waals surface area contributed by atoms with E-state index in [1.165, 1.54) is 0 Å². The molecule has 1 aromatic rings. The molecule has 0 spiro atoms. The number of hydrogen-bond donors (Lipinski definition) is 2. The molecule has 0 saturated carbocycles. The number of nitrogens with zero attached hydrogens (tertiary/aromatic N) is 1. The highest BCUT2D eigenvalue weighted by Gasteiger charge is 2.37. The van der Waals surface area contributed by atoms with Crippen LogP contribution in [0.2, 0.25) is 0 Å². The second-order valence-electron chi connectivity index (χ2n) is 5.49. The normalized spacial score (nSPS) is 14.5. The quantitative estimate of drug-likeness (QED) is 0.760. The number of benzene rings is 1. The molecule has 3 N–H and O–H groups in total. The van der Waals surface area contributed by atoms with Crippen molar-refractivity contribution in [2.75, 3.05) is 20.1 Å². The average molecular weight is 277 g/mol. The van der Waals surface area contributed by atoms with Crippen LogP contribution in [0.4, 0.5) is 0 Å². The van der Waals surface area contributed by atoms with Crippen LogP contribution >= 0.6 is 0 Å². The summed E-state index contributed by atoms with van der Waals surface area (Å²) in [6, 6.07) is 10.2. The van der Waals surface area contributed by atoms with Crippen molar-refractivity contribution in [2.24, 2.45) is 5.73 Å². The lowest BCUT2D eigenvalue weighted by molar-refractivity contribution is -0.125. The molecule has 1 amide bonds. The summed E-state index contributed by atoms with van der Waals surface area (Å²) in [7, 11) is 2.06. The first-order valence-electron chi connectivity index (χ1n) is 7.24. The molecule has 1 atom stereocenters. The lowest BCUT2D eigenvalue weighted by Crippen LogP contribution is -2.54. The third-order valence-corrected chi connectivity index (χ3v) is 3.89. The van der Waals surface area contributed by atoms with E-state index in [9.17, 15) is 4.79 Å². The molecular formula is C16H27N3O. The highest BCUT2D eigenvalue weighted by atomic mass is 16.1. The average Bonchev–Trinajstić information content (AvgIpc) is 2.43. The van der Waals surface area contributed by atoms with E-state index >= 15 is 0 Å². The largest absolute Gasteiger partial charge is 0.368 e. The molecule has 1 rings (SSSR count). The Morgan fingerprint density at radius 1 is 1.35 bits per heavy atom. The zero-order chi connectivity index (χ0) is 15.2. The summed E-state index contributed by atoms with van der Waals surface area (Å²) in [4.78, 5) is 14.4.